The summed E-state index contributed by atoms with van der Waals surface area (Å²) >= 11 is 1.53. The van der Waals surface area contributed by atoms with E-state index in [2.05, 4.69) is 10.4 Å². The van der Waals surface area contributed by atoms with E-state index in [9.17, 15) is 13.2 Å². The summed E-state index contributed by atoms with van der Waals surface area (Å²) in [5.74, 6) is 1.20. The lowest BCUT2D eigenvalue weighted by atomic mass is 10.1. The van der Waals surface area contributed by atoms with Crippen LogP contribution in [-0.4, -0.2) is 56.4 Å². The number of aromatic nitrogens is 2. The molecule has 0 bridgehead atoms. The highest BCUT2D eigenvalue weighted by molar-refractivity contribution is 7.91. The van der Waals surface area contributed by atoms with E-state index in [0.29, 0.717) is 30.9 Å². The zero-order valence-corrected chi connectivity index (χ0v) is 19.5. The first kappa shape index (κ1) is 22.3. The summed E-state index contributed by atoms with van der Waals surface area (Å²) in [5.41, 5.74) is 2.06. The molecule has 1 saturated heterocycles. The molecule has 8 nitrogen and oxygen atoms in total. The molecule has 1 unspecified atom stereocenters. The van der Waals surface area contributed by atoms with Crippen molar-refractivity contribution >= 4 is 27.1 Å². The Labute approximate surface area is 191 Å². The van der Waals surface area contributed by atoms with Crippen molar-refractivity contribution in [1.82, 2.24) is 15.1 Å². The van der Waals surface area contributed by atoms with E-state index >= 15 is 0 Å². The highest BCUT2D eigenvalue weighted by Gasteiger charge is 2.32. The predicted molar refractivity (Wildman–Crippen MR) is 123 cm³/mol. The van der Waals surface area contributed by atoms with Crippen molar-refractivity contribution in [2.24, 2.45) is 0 Å². The highest BCUT2D eigenvalue weighted by Crippen LogP contribution is 2.32. The van der Waals surface area contributed by atoms with Gasteiger partial charge < -0.3 is 14.8 Å². The summed E-state index contributed by atoms with van der Waals surface area (Å²) in [6, 6.07) is 11.0. The number of nitrogens with one attached hydrogen (secondary N) is 1. The molecule has 1 aliphatic heterocycles. The van der Waals surface area contributed by atoms with E-state index in [0.717, 1.165) is 16.1 Å². The maximum absolute atomic E-state index is 12.8. The maximum Gasteiger partial charge on any atom is 0.271 e. The van der Waals surface area contributed by atoms with Gasteiger partial charge in [0.15, 0.2) is 27.0 Å². The van der Waals surface area contributed by atoms with E-state index in [-0.39, 0.29) is 29.1 Å². The van der Waals surface area contributed by atoms with Crippen molar-refractivity contribution in [3.8, 4) is 22.1 Å². The van der Waals surface area contributed by atoms with Crippen LogP contribution < -0.4 is 14.8 Å². The lowest BCUT2D eigenvalue weighted by Gasteiger charge is -2.12. The van der Waals surface area contributed by atoms with Gasteiger partial charge in [-0.2, -0.15) is 5.10 Å². The van der Waals surface area contributed by atoms with Crippen LogP contribution in [-0.2, 0) is 16.3 Å². The number of amides is 1. The van der Waals surface area contributed by atoms with E-state index in [4.69, 9.17) is 9.47 Å². The van der Waals surface area contributed by atoms with Gasteiger partial charge in [-0.3, -0.25) is 9.48 Å². The Morgan fingerprint density at radius 1 is 1.22 bits per heavy atom. The lowest BCUT2D eigenvalue weighted by Crippen LogP contribution is -2.26. The molecule has 10 heteroatoms. The molecule has 170 valence electrons. The molecule has 1 N–H and O–H groups in total. The third-order valence-corrected chi connectivity index (χ3v) is 8.09. The maximum atomic E-state index is 12.8. The van der Waals surface area contributed by atoms with Crippen LogP contribution in [0.2, 0.25) is 0 Å². The Hall–Kier alpha value is -2.85. The number of ether oxygens (including phenoxy) is 2. The number of nitrogens with zero attached hydrogens (tertiary/aromatic N) is 2. The van der Waals surface area contributed by atoms with Crippen LogP contribution in [0.3, 0.4) is 0 Å². The predicted octanol–water partition coefficient (Wildman–Crippen LogP) is 2.96. The summed E-state index contributed by atoms with van der Waals surface area (Å²) in [6.07, 6.45) is 1.12. The number of carbonyl (C=O) groups is 1. The summed E-state index contributed by atoms with van der Waals surface area (Å²) in [5, 5.41) is 9.35. The average molecular weight is 476 g/mol. The van der Waals surface area contributed by atoms with Crippen molar-refractivity contribution < 1.29 is 22.7 Å². The second kappa shape index (κ2) is 9.33. The molecule has 4 rings (SSSR count). The molecule has 2 aromatic heterocycles. The van der Waals surface area contributed by atoms with E-state index in [1.165, 1.54) is 11.3 Å². The van der Waals surface area contributed by atoms with Crippen molar-refractivity contribution in [3.63, 3.8) is 0 Å². The second-order valence-electron chi connectivity index (χ2n) is 7.59. The van der Waals surface area contributed by atoms with Crippen molar-refractivity contribution in [1.29, 1.82) is 0 Å². The highest BCUT2D eigenvalue weighted by atomic mass is 32.2. The Balaban J connectivity index is 1.47. The minimum atomic E-state index is -3.07. The molecule has 1 aliphatic rings. The number of thiophene rings is 1. The van der Waals surface area contributed by atoms with Crippen molar-refractivity contribution in [3.05, 3.63) is 53.0 Å². The first-order valence-corrected chi connectivity index (χ1v) is 12.9. The number of rotatable bonds is 8. The summed E-state index contributed by atoms with van der Waals surface area (Å²) in [6.45, 7) is 0.424. The van der Waals surface area contributed by atoms with Crippen LogP contribution in [0.25, 0.3) is 10.6 Å². The molecule has 32 heavy (non-hydrogen) atoms. The van der Waals surface area contributed by atoms with Gasteiger partial charge in [0, 0.05) is 6.54 Å². The molecule has 0 saturated carbocycles. The van der Waals surface area contributed by atoms with Gasteiger partial charge in [-0.15, -0.1) is 11.3 Å². The molecule has 1 fully saturated rings. The Morgan fingerprint density at radius 3 is 2.69 bits per heavy atom. The molecule has 3 heterocycles. The fraction of sp³-hybridized carbons (Fsp3) is 0.364. The molecule has 0 spiro atoms. The van der Waals surface area contributed by atoms with Crippen LogP contribution in [0.1, 0.15) is 28.5 Å². The molecule has 1 atom stereocenters. The van der Waals surface area contributed by atoms with Gasteiger partial charge in [-0.1, -0.05) is 12.1 Å². The number of benzene rings is 1. The van der Waals surface area contributed by atoms with Crippen LogP contribution in [0.5, 0.6) is 11.5 Å². The summed E-state index contributed by atoms with van der Waals surface area (Å²) < 4.78 is 36.2. The molecular formula is C22H25N3O5S2. The minimum absolute atomic E-state index is 0.0490. The smallest absolute Gasteiger partial charge is 0.271 e. The zero-order valence-electron chi connectivity index (χ0n) is 17.9. The van der Waals surface area contributed by atoms with Gasteiger partial charge in [-0.05, 0) is 48.1 Å². The first-order valence-electron chi connectivity index (χ1n) is 10.2. The standard InChI is InChI=1S/C22H25N3O5S2/c1-29-19-6-5-15(12-20(19)30-2)7-9-23-22(26)17-13-18(21-4-3-10-31-21)25(24-17)16-8-11-32(27,28)14-16/h3-6,10,12-13,16H,7-9,11,14H2,1-2H3,(H,23,26). The van der Waals surface area contributed by atoms with Gasteiger partial charge in [0.25, 0.3) is 5.91 Å². The minimum Gasteiger partial charge on any atom is -0.493 e. The quantitative estimate of drug-likeness (QED) is 0.538. The van der Waals surface area contributed by atoms with Crippen LogP contribution in [0.15, 0.2) is 41.8 Å². The number of hydrogen-bond acceptors (Lipinski definition) is 7. The fourth-order valence-corrected chi connectivity index (χ4v) is 6.23. The third-order valence-electron chi connectivity index (χ3n) is 5.44. The molecule has 0 aliphatic carbocycles. The first-order chi connectivity index (χ1) is 15.4. The lowest BCUT2D eigenvalue weighted by molar-refractivity contribution is 0.0948. The van der Waals surface area contributed by atoms with Crippen LogP contribution in [0.4, 0.5) is 0 Å². The number of methoxy groups -OCH3 is 2. The topological polar surface area (TPSA) is 99.5 Å². The van der Waals surface area contributed by atoms with Gasteiger partial charge in [-0.25, -0.2) is 8.42 Å². The van der Waals surface area contributed by atoms with Gasteiger partial charge in [0.05, 0.1) is 42.3 Å². The van der Waals surface area contributed by atoms with Gasteiger partial charge in [0.2, 0.25) is 0 Å². The Morgan fingerprint density at radius 2 is 2.03 bits per heavy atom. The zero-order chi connectivity index (χ0) is 22.7. The Kier molecular flexibility index (Phi) is 6.52. The van der Waals surface area contributed by atoms with Gasteiger partial charge in [0.1, 0.15) is 0 Å². The second-order valence-corrected chi connectivity index (χ2v) is 10.8. The fourth-order valence-electron chi connectivity index (χ4n) is 3.81. The van der Waals surface area contributed by atoms with Crippen LogP contribution in [0, 0.1) is 0 Å². The third kappa shape index (κ3) is 4.81. The average Bonchev–Trinajstić information content (AvgIpc) is 3.52. The summed E-state index contributed by atoms with van der Waals surface area (Å²) in [7, 11) is 0.0965. The molecule has 1 amide bonds. The molecule has 0 radical (unpaired) electrons. The normalized spacial score (nSPS) is 17.2. The molecule has 1 aromatic carbocycles. The van der Waals surface area contributed by atoms with E-state index < -0.39 is 9.84 Å². The summed E-state index contributed by atoms with van der Waals surface area (Å²) in [4.78, 5) is 13.7. The van der Waals surface area contributed by atoms with Crippen molar-refractivity contribution in [2.45, 2.75) is 18.9 Å². The van der Waals surface area contributed by atoms with Crippen molar-refractivity contribution in [2.75, 3.05) is 32.3 Å². The van der Waals surface area contributed by atoms with E-state index in [1.807, 2.05) is 35.7 Å². The van der Waals surface area contributed by atoms with E-state index in [1.54, 1.807) is 25.0 Å². The molecule has 3 aromatic rings. The monoisotopic (exact) mass is 475 g/mol. The van der Waals surface area contributed by atoms with Crippen LogP contribution >= 0.6 is 11.3 Å². The Bertz CT molecular complexity index is 1200. The number of sulfone groups is 1. The number of carbonyl (C=O) groups excluding carboxylic acids is 1. The largest absolute Gasteiger partial charge is 0.493 e. The SMILES string of the molecule is COc1ccc(CCNC(=O)c2cc(-c3cccs3)n(C3CCS(=O)(=O)C3)n2)cc1OC. The number of hydrogen-bond donors (Lipinski definition) is 1. The van der Waals surface area contributed by atoms with Gasteiger partial charge >= 0.3 is 0 Å². The molecular weight excluding hydrogens is 450 g/mol.